The van der Waals surface area contributed by atoms with Gasteiger partial charge in [-0.3, -0.25) is 0 Å². The average Bonchev–Trinajstić information content (AvgIpc) is 2.67. The monoisotopic (exact) mass is 331 g/mol. The van der Waals surface area contributed by atoms with Gasteiger partial charge in [-0.15, -0.1) is 0 Å². The molecule has 3 rings (SSSR count). The minimum atomic E-state index is -0.830. The van der Waals surface area contributed by atoms with Crippen molar-refractivity contribution in [2.45, 2.75) is 57.0 Å². The second-order valence-corrected chi connectivity index (χ2v) is 7.58. The molecule has 1 aliphatic carbocycles. The predicted molar refractivity (Wildman–Crippen MR) is 98.0 cm³/mol. The van der Waals surface area contributed by atoms with Crippen LogP contribution < -0.4 is 0 Å². The number of nitrogens with zero attached hydrogens (tertiary/aromatic N) is 1. The van der Waals surface area contributed by atoms with E-state index < -0.39 is 5.60 Å². The van der Waals surface area contributed by atoms with Gasteiger partial charge < -0.3 is 14.7 Å². The van der Waals surface area contributed by atoms with E-state index in [1.807, 2.05) is 18.2 Å². The second kappa shape index (κ2) is 8.98. The number of benzene rings is 1. The Morgan fingerprint density at radius 3 is 2.33 bits per heavy atom. The quantitative estimate of drug-likeness (QED) is 0.768. The molecular weight excluding hydrogens is 298 g/mol. The Morgan fingerprint density at radius 1 is 0.958 bits per heavy atom. The van der Waals surface area contributed by atoms with Crippen molar-refractivity contribution in [3.8, 4) is 0 Å². The van der Waals surface area contributed by atoms with E-state index in [0.717, 1.165) is 31.6 Å². The molecule has 0 aromatic heterocycles. The molecule has 2 aliphatic rings. The van der Waals surface area contributed by atoms with Crippen LogP contribution in [0.4, 0.5) is 0 Å². The molecule has 2 fully saturated rings. The molecule has 3 nitrogen and oxygen atoms in total. The summed E-state index contributed by atoms with van der Waals surface area (Å²) >= 11 is 0. The maximum atomic E-state index is 11.5. The van der Waals surface area contributed by atoms with Crippen LogP contribution in [0.1, 0.15) is 56.9 Å². The molecule has 1 saturated heterocycles. The molecule has 1 N–H and O–H groups in total. The van der Waals surface area contributed by atoms with E-state index in [9.17, 15) is 5.11 Å². The second-order valence-electron chi connectivity index (χ2n) is 7.58. The predicted octanol–water partition coefficient (Wildman–Crippen LogP) is 3.96. The Hall–Kier alpha value is -0.900. The van der Waals surface area contributed by atoms with Gasteiger partial charge in [-0.1, -0.05) is 56.0 Å². The summed E-state index contributed by atoms with van der Waals surface area (Å²) in [5, 5.41) is 11.5. The van der Waals surface area contributed by atoms with E-state index in [1.54, 1.807) is 0 Å². The highest BCUT2D eigenvalue weighted by atomic mass is 16.5. The molecule has 1 aromatic rings. The van der Waals surface area contributed by atoms with Gasteiger partial charge in [0.25, 0.3) is 0 Å². The first kappa shape index (κ1) is 17.9. The summed E-state index contributed by atoms with van der Waals surface area (Å²) in [5.74, 6) is 0.323. The topological polar surface area (TPSA) is 32.7 Å². The first-order chi connectivity index (χ1) is 11.8. The summed E-state index contributed by atoms with van der Waals surface area (Å²) in [4.78, 5) is 2.49. The number of rotatable bonds is 7. The van der Waals surface area contributed by atoms with Crippen LogP contribution in [0.25, 0.3) is 0 Å². The van der Waals surface area contributed by atoms with Crippen LogP contribution in [0, 0.1) is 5.92 Å². The third-order valence-electron chi connectivity index (χ3n) is 5.88. The lowest BCUT2D eigenvalue weighted by Crippen LogP contribution is -2.42. The van der Waals surface area contributed by atoms with Gasteiger partial charge >= 0.3 is 0 Å². The summed E-state index contributed by atoms with van der Waals surface area (Å²) in [6.45, 7) is 4.55. The van der Waals surface area contributed by atoms with E-state index in [0.29, 0.717) is 12.5 Å². The van der Waals surface area contributed by atoms with Gasteiger partial charge in [-0.25, -0.2) is 0 Å². The van der Waals surface area contributed by atoms with E-state index in [1.165, 1.54) is 51.6 Å². The van der Waals surface area contributed by atoms with Crippen molar-refractivity contribution in [2.24, 2.45) is 5.92 Å². The van der Waals surface area contributed by atoms with E-state index >= 15 is 0 Å². The summed E-state index contributed by atoms with van der Waals surface area (Å²) < 4.78 is 6.02. The molecule has 1 aromatic carbocycles. The maximum absolute atomic E-state index is 11.5. The van der Waals surface area contributed by atoms with Crippen LogP contribution in [0.3, 0.4) is 0 Å². The third kappa shape index (κ3) is 4.59. The fraction of sp³-hybridized carbons (Fsp3) is 0.714. The molecule has 0 bridgehead atoms. The van der Waals surface area contributed by atoms with Crippen LogP contribution in [-0.4, -0.2) is 42.9 Å². The van der Waals surface area contributed by atoms with E-state index in [4.69, 9.17) is 4.74 Å². The highest BCUT2D eigenvalue weighted by Crippen LogP contribution is 2.39. The van der Waals surface area contributed by atoms with Crippen molar-refractivity contribution in [1.82, 2.24) is 4.90 Å². The fourth-order valence-corrected chi connectivity index (χ4v) is 4.35. The molecular formula is C21H33NO2. The van der Waals surface area contributed by atoms with E-state index in [-0.39, 0.29) is 0 Å². The Bertz CT molecular complexity index is 466. The molecule has 1 unspecified atom stereocenters. The van der Waals surface area contributed by atoms with Crippen LogP contribution in [-0.2, 0) is 10.3 Å². The Balaban J connectivity index is 1.57. The zero-order valence-electron chi connectivity index (χ0n) is 15.0. The molecule has 134 valence electrons. The van der Waals surface area contributed by atoms with Gasteiger partial charge in [0.15, 0.2) is 0 Å². The Labute approximate surface area is 147 Å². The van der Waals surface area contributed by atoms with Crippen molar-refractivity contribution in [3.05, 3.63) is 35.9 Å². The van der Waals surface area contributed by atoms with Crippen LogP contribution in [0.2, 0.25) is 0 Å². The summed E-state index contributed by atoms with van der Waals surface area (Å²) in [6.07, 6.45) is 9.99. The first-order valence-electron chi connectivity index (χ1n) is 9.87. The first-order valence-corrected chi connectivity index (χ1v) is 9.87. The van der Waals surface area contributed by atoms with Gasteiger partial charge in [-0.05, 0) is 50.3 Å². The normalized spacial score (nSPS) is 23.0. The van der Waals surface area contributed by atoms with Crippen LogP contribution >= 0.6 is 0 Å². The summed E-state index contributed by atoms with van der Waals surface area (Å²) in [6, 6.07) is 10.2. The standard InChI is InChI=1S/C21H33NO2/c23-21(19-10-4-1-5-11-19,20-12-6-2-7-13-20)18-24-17-16-22-14-8-3-9-15-22/h1,4-5,10-11,20,23H,2-3,6-9,12-18H2. The molecule has 24 heavy (non-hydrogen) atoms. The van der Waals surface area contributed by atoms with Gasteiger partial charge in [0, 0.05) is 6.54 Å². The highest BCUT2D eigenvalue weighted by molar-refractivity contribution is 5.23. The SMILES string of the molecule is OC(COCCN1CCCCC1)(c1ccccc1)C1CCCCC1. The maximum Gasteiger partial charge on any atom is 0.116 e. The average molecular weight is 332 g/mol. The Kier molecular flexibility index (Phi) is 6.70. The van der Waals surface area contributed by atoms with Crippen molar-refractivity contribution >= 4 is 0 Å². The van der Waals surface area contributed by atoms with Gasteiger partial charge in [0.05, 0.1) is 13.2 Å². The van der Waals surface area contributed by atoms with Crippen LogP contribution in [0.5, 0.6) is 0 Å². The minimum Gasteiger partial charge on any atom is -0.382 e. The largest absolute Gasteiger partial charge is 0.382 e. The van der Waals surface area contributed by atoms with Crippen molar-refractivity contribution in [3.63, 3.8) is 0 Å². The van der Waals surface area contributed by atoms with Crippen molar-refractivity contribution < 1.29 is 9.84 Å². The third-order valence-corrected chi connectivity index (χ3v) is 5.88. The smallest absolute Gasteiger partial charge is 0.116 e. The number of likely N-dealkylation sites (tertiary alicyclic amines) is 1. The zero-order chi connectivity index (χ0) is 16.7. The fourth-order valence-electron chi connectivity index (χ4n) is 4.35. The molecule has 0 radical (unpaired) electrons. The number of hydrogen-bond donors (Lipinski definition) is 1. The molecule has 1 atom stereocenters. The zero-order valence-corrected chi connectivity index (χ0v) is 15.0. The number of piperidine rings is 1. The van der Waals surface area contributed by atoms with Gasteiger partial charge in [0.1, 0.15) is 5.60 Å². The molecule has 1 heterocycles. The lowest BCUT2D eigenvalue weighted by molar-refractivity contribution is -0.102. The lowest BCUT2D eigenvalue weighted by atomic mass is 9.74. The number of hydrogen-bond acceptors (Lipinski definition) is 3. The molecule has 1 saturated carbocycles. The molecule has 3 heteroatoms. The summed E-state index contributed by atoms with van der Waals surface area (Å²) in [5.41, 5.74) is 0.193. The summed E-state index contributed by atoms with van der Waals surface area (Å²) in [7, 11) is 0. The Morgan fingerprint density at radius 2 is 1.62 bits per heavy atom. The van der Waals surface area contributed by atoms with Crippen molar-refractivity contribution in [1.29, 1.82) is 0 Å². The minimum absolute atomic E-state index is 0.323. The van der Waals surface area contributed by atoms with Gasteiger partial charge in [-0.2, -0.15) is 0 Å². The van der Waals surface area contributed by atoms with Gasteiger partial charge in [0.2, 0.25) is 0 Å². The molecule has 1 aliphatic heterocycles. The number of ether oxygens (including phenoxy) is 1. The molecule has 0 spiro atoms. The number of aliphatic hydroxyl groups is 1. The molecule has 0 amide bonds. The van der Waals surface area contributed by atoms with Crippen LogP contribution in [0.15, 0.2) is 30.3 Å². The van der Waals surface area contributed by atoms with Crippen molar-refractivity contribution in [2.75, 3.05) is 32.8 Å². The van der Waals surface area contributed by atoms with E-state index in [2.05, 4.69) is 17.0 Å². The lowest BCUT2D eigenvalue weighted by Gasteiger charge is -2.39. The highest BCUT2D eigenvalue weighted by Gasteiger charge is 2.39.